The highest BCUT2D eigenvalue weighted by atomic mass is 16.7. The first-order valence-corrected chi connectivity index (χ1v) is 29.9. The Bertz CT molecular complexity index is 2050. The highest BCUT2D eigenvalue weighted by Crippen LogP contribution is 2.26. The summed E-state index contributed by atoms with van der Waals surface area (Å²) < 4.78 is 33.9. The van der Waals surface area contributed by atoms with Crippen LogP contribution < -0.4 is 31.9 Å². The highest BCUT2D eigenvalue weighted by molar-refractivity contribution is 5.93. The monoisotopic (exact) mass is 1220 g/mol. The van der Waals surface area contributed by atoms with Crippen molar-refractivity contribution in [1.82, 2.24) is 31.9 Å². The molecule has 3 aliphatic heterocycles. The fourth-order valence-corrected chi connectivity index (χ4v) is 10.1. The van der Waals surface area contributed by atoms with Crippen molar-refractivity contribution in [1.29, 1.82) is 0 Å². The van der Waals surface area contributed by atoms with Crippen LogP contribution in [0.2, 0.25) is 0 Å². The van der Waals surface area contributed by atoms with Gasteiger partial charge in [-0.25, -0.2) is 0 Å². The van der Waals surface area contributed by atoms with Gasteiger partial charge in [0.15, 0.2) is 24.7 Å². The van der Waals surface area contributed by atoms with Crippen molar-refractivity contribution in [2.45, 2.75) is 254 Å². The summed E-state index contributed by atoms with van der Waals surface area (Å²) >= 11 is 0. The number of Topliss-reactive ketones (excluding diaryl/α,β-unsaturated/α-hetero) is 2. The maximum absolute atomic E-state index is 14.1. The molecule has 0 spiro atoms. The SMILES string of the molecule is CC(=O)N[C@H]1[C@H](OCCCCC(=O)CCCCC[C@H](NC(=O)CCCCO[C@@H]2O[C@H](CO)[C@H](O)[C@H](O)[C@H]2NC(C)=O)C(=O)N[C@@H](CCCCNC(=O)CCCCO[C@@H]2O[C@H](CO)[C@H](O)[C@H](O)[C@H]2NC(C)=O)C(=O)CC(C)C)O[C@H](CO)[C@H](O)[C@@H]1O. The molecule has 3 fully saturated rings. The molecule has 29 heteroatoms. The minimum absolute atomic E-state index is 0.00338. The summed E-state index contributed by atoms with van der Waals surface area (Å²) in [6, 6.07) is -5.28. The van der Waals surface area contributed by atoms with E-state index in [2.05, 4.69) is 31.9 Å². The third kappa shape index (κ3) is 26.8. The topological polar surface area (TPSA) is 446 Å². The molecular formula is C56H98N6O23. The molecule has 3 aliphatic rings. The smallest absolute Gasteiger partial charge is 0.243 e. The van der Waals surface area contributed by atoms with Crippen molar-refractivity contribution < 1.29 is 113 Å². The Balaban J connectivity index is 1.54. The maximum atomic E-state index is 14.1. The summed E-state index contributed by atoms with van der Waals surface area (Å²) in [5.74, 6) is -3.02. The third-order valence-electron chi connectivity index (χ3n) is 14.7. The number of carbonyl (C=O) groups excluding carboxylic acids is 8. The van der Waals surface area contributed by atoms with Crippen LogP contribution in [0.5, 0.6) is 0 Å². The number of rotatable bonds is 41. The molecule has 6 amide bonds. The molecule has 3 saturated heterocycles. The van der Waals surface area contributed by atoms with Gasteiger partial charge in [-0.3, -0.25) is 38.4 Å². The van der Waals surface area contributed by atoms with E-state index in [1.165, 1.54) is 20.8 Å². The van der Waals surface area contributed by atoms with Crippen molar-refractivity contribution in [3.63, 3.8) is 0 Å². The molecule has 0 aromatic rings. The zero-order valence-electron chi connectivity index (χ0n) is 49.8. The lowest BCUT2D eigenvalue weighted by Gasteiger charge is -2.42. The molecular weight excluding hydrogens is 1120 g/mol. The summed E-state index contributed by atoms with van der Waals surface area (Å²) in [6.45, 7) is 6.08. The maximum Gasteiger partial charge on any atom is 0.243 e. The van der Waals surface area contributed by atoms with E-state index in [-0.39, 0.29) is 101 Å². The van der Waals surface area contributed by atoms with Gasteiger partial charge in [0.05, 0.1) is 25.9 Å². The fourth-order valence-electron chi connectivity index (χ4n) is 10.1. The van der Waals surface area contributed by atoms with Gasteiger partial charge in [0.25, 0.3) is 0 Å². The van der Waals surface area contributed by atoms with E-state index in [9.17, 15) is 84.3 Å². The van der Waals surface area contributed by atoms with Crippen LogP contribution in [0.4, 0.5) is 0 Å². The minimum atomic E-state index is -1.50. The third-order valence-corrected chi connectivity index (χ3v) is 14.7. The average molecular weight is 1220 g/mol. The van der Waals surface area contributed by atoms with Gasteiger partial charge < -0.3 is 106 Å². The molecule has 0 radical (unpaired) electrons. The van der Waals surface area contributed by atoms with E-state index in [0.717, 1.165) is 0 Å². The second kappa shape index (κ2) is 40.2. The number of unbranched alkanes of at least 4 members (excludes halogenated alkanes) is 6. The fraction of sp³-hybridized carbons (Fsp3) is 0.857. The summed E-state index contributed by atoms with van der Waals surface area (Å²) in [5.41, 5.74) is 0. The van der Waals surface area contributed by atoms with Crippen LogP contribution in [0.1, 0.15) is 150 Å². The lowest BCUT2D eigenvalue weighted by Crippen LogP contribution is -2.64. The summed E-state index contributed by atoms with van der Waals surface area (Å²) in [6.07, 6.45) is -9.97. The molecule has 0 saturated carbocycles. The highest BCUT2D eigenvalue weighted by Gasteiger charge is 2.48. The second-order valence-corrected chi connectivity index (χ2v) is 22.5. The number of ketones is 2. The molecule has 490 valence electrons. The Morgan fingerprint density at radius 3 is 1.22 bits per heavy atom. The average Bonchev–Trinajstić information content (AvgIpc) is 2.84. The number of ether oxygens (including phenoxy) is 6. The van der Waals surface area contributed by atoms with E-state index >= 15 is 0 Å². The lowest BCUT2D eigenvalue weighted by atomic mass is 9.97. The van der Waals surface area contributed by atoms with Gasteiger partial charge in [0, 0.05) is 79.2 Å². The molecule has 0 unspecified atom stereocenters. The molecule has 0 aromatic heterocycles. The first-order valence-electron chi connectivity index (χ1n) is 29.9. The minimum Gasteiger partial charge on any atom is -0.394 e. The van der Waals surface area contributed by atoms with Gasteiger partial charge >= 0.3 is 0 Å². The lowest BCUT2D eigenvalue weighted by molar-refractivity contribution is -0.270. The van der Waals surface area contributed by atoms with E-state index in [1.54, 1.807) is 0 Å². The molecule has 0 aliphatic carbocycles. The van der Waals surface area contributed by atoms with E-state index in [4.69, 9.17) is 28.4 Å². The van der Waals surface area contributed by atoms with Crippen LogP contribution >= 0.6 is 0 Å². The molecule has 3 rings (SSSR count). The number of aliphatic hydroxyl groups excluding tert-OH is 9. The van der Waals surface area contributed by atoms with Gasteiger partial charge in [-0.05, 0) is 76.5 Å². The van der Waals surface area contributed by atoms with Crippen molar-refractivity contribution >= 4 is 47.0 Å². The Labute approximate surface area is 496 Å². The normalized spacial score (nSPS) is 28.4. The molecule has 29 nitrogen and oxygen atoms in total. The largest absolute Gasteiger partial charge is 0.394 e. The van der Waals surface area contributed by atoms with Crippen molar-refractivity contribution in [3.8, 4) is 0 Å². The first kappa shape index (κ1) is 74.8. The Morgan fingerprint density at radius 2 is 0.824 bits per heavy atom. The standard InChI is InChI=1S/C56H98N6O23/c1-31(2)27-38(70)36(19-9-13-23-57-42(71)21-11-15-25-81-55-45(59-33(4)67)51(77)48(74)40(29-64)84-55)62-53(79)37(61-43(72)22-12-16-26-82-56-46(60-34(5)68)52(78)49(75)41(30-65)85-56)20-8-6-7-17-35(69)18-10-14-24-80-54-44(58-32(3)66)50(76)47(73)39(28-63)83-54/h31,36-37,39-41,44-52,54-56,63-65,73-78H,6-30H2,1-5H3,(H,57,71)(H,58,66)(H,59,67)(H,60,68)(H,61,72)(H,62,79)/t36-,37-,39+,40+,41+,44+,45+,46+,47-,48-,49-,50+,51+,52+,54+,55+,56+/m0/s1. The Kier molecular flexibility index (Phi) is 35.4. The Hall–Kier alpha value is -4.44. The molecule has 15 N–H and O–H groups in total. The van der Waals surface area contributed by atoms with Crippen molar-refractivity contribution in [2.75, 3.05) is 46.2 Å². The van der Waals surface area contributed by atoms with Gasteiger partial charge in [-0.1, -0.05) is 26.7 Å². The molecule has 0 bridgehead atoms. The predicted octanol–water partition coefficient (Wildman–Crippen LogP) is -3.23. The number of hydrogen-bond acceptors (Lipinski definition) is 23. The van der Waals surface area contributed by atoms with E-state index < -0.39 is 153 Å². The number of carbonyl (C=O) groups is 8. The number of amides is 6. The van der Waals surface area contributed by atoms with Gasteiger partial charge in [0.1, 0.15) is 84.9 Å². The summed E-state index contributed by atoms with van der Waals surface area (Å²) in [4.78, 5) is 102. The molecule has 17 atom stereocenters. The van der Waals surface area contributed by atoms with Crippen molar-refractivity contribution in [2.24, 2.45) is 5.92 Å². The van der Waals surface area contributed by atoms with Crippen LogP contribution in [0, 0.1) is 5.92 Å². The van der Waals surface area contributed by atoms with E-state index in [0.29, 0.717) is 64.2 Å². The van der Waals surface area contributed by atoms with Crippen LogP contribution in [0.3, 0.4) is 0 Å². The zero-order valence-corrected chi connectivity index (χ0v) is 49.8. The molecule has 85 heavy (non-hydrogen) atoms. The quantitative estimate of drug-likeness (QED) is 0.0268. The van der Waals surface area contributed by atoms with Crippen LogP contribution in [-0.2, 0) is 66.8 Å². The Morgan fingerprint density at radius 1 is 0.447 bits per heavy atom. The summed E-state index contributed by atoms with van der Waals surface area (Å²) in [7, 11) is 0. The van der Waals surface area contributed by atoms with Crippen LogP contribution in [-0.4, -0.2) is 243 Å². The second-order valence-electron chi connectivity index (χ2n) is 22.5. The number of hydrogen-bond donors (Lipinski definition) is 15. The number of aliphatic hydroxyl groups is 9. The predicted molar refractivity (Wildman–Crippen MR) is 299 cm³/mol. The van der Waals surface area contributed by atoms with Gasteiger partial charge in [-0.2, -0.15) is 0 Å². The summed E-state index contributed by atoms with van der Waals surface area (Å²) in [5, 5.41) is 107. The van der Waals surface area contributed by atoms with Crippen LogP contribution in [0.15, 0.2) is 0 Å². The number of nitrogens with one attached hydrogen (secondary N) is 6. The van der Waals surface area contributed by atoms with Gasteiger partial charge in [-0.15, -0.1) is 0 Å². The van der Waals surface area contributed by atoms with E-state index in [1.807, 2.05) is 13.8 Å². The van der Waals surface area contributed by atoms with Crippen LogP contribution in [0.25, 0.3) is 0 Å². The molecule has 3 heterocycles. The first-order chi connectivity index (χ1) is 40.4. The van der Waals surface area contributed by atoms with Gasteiger partial charge in [0.2, 0.25) is 35.4 Å². The molecule has 0 aromatic carbocycles. The van der Waals surface area contributed by atoms with Crippen molar-refractivity contribution in [3.05, 3.63) is 0 Å². The zero-order chi connectivity index (χ0) is 63.2.